The van der Waals surface area contributed by atoms with Gasteiger partial charge in [0.05, 0.1) is 26.0 Å². The van der Waals surface area contributed by atoms with E-state index in [-0.39, 0.29) is 0 Å². The lowest BCUT2D eigenvalue weighted by atomic mass is 9.81. The molecule has 1 saturated heterocycles. The molecule has 1 aliphatic carbocycles. The molecule has 0 unspecified atom stereocenters. The van der Waals surface area contributed by atoms with Gasteiger partial charge < -0.3 is 14.5 Å². The van der Waals surface area contributed by atoms with Crippen molar-refractivity contribution in [1.29, 1.82) is 0 Å². The van der Waals surface area contributed by atoms with Gasteiger partial charge in [-0.05, 0) is 43.2 Å². The summed E-state index contributed by atoms with van der Waals surface area (Å²) in [5.74, 6) is 0.599. The maximum absolute atomic E-state index is 5.51. The van der Waals surface area contributed by atoms with Crippen molar-refractivity contribution in [3.63, 3.8) is 0 Å². The number of fused-ring (bicyclic) bond motifs is 1. The van der Waals surface area contributed by atoms with Crippen LogP contribution >= 0.6 is 11.3 Å². The normalized spacial score (nSPS) is 23.9. The van der Waals surface area contributed by atoms with Gasteiger partial charge in [-0.1, -0.05) is 11.3 Å². The number of pyridine rings is 1. The number of hydrogen-bond acceptors (Lipinski definition) is 6. The highest BCUT2D eigenvalue weighted by atomic mass is 32.1. The third-order valence-corrected chi connectivity index (χ3v) is 7.02. The van der Waals surface area contributed by atoms with E-state index >= 15 is 0 Å². The van der Waals surface area contributed by atoms with Crippen molar-refractivity contribution >= 4 is 22.4 Å². The van der Waals surface area contributed by atoms with Gasteiger partial charge in [0.25, 0.3) is 5.19 Å². The number of aromatic amines is 1. The molecule has 0 bridgehead atoms. The second-order valence-electron chi connectivity index (χ2n) is 7.72. The molecule has 3 aromatic rings. The van der Waals surface area contributed by atoms with Crippen LogP contribution in [0.2, 0.25) is 0 Å². The molecular formula is C21H26N4O2S. The second kappa shape index (κ2) is 7.81. The molecule has 0 radical (unpaired) electrons. The molecule has 1 saturated carbocycles. The molecule has 4 heterocycles. The molecule has 1 N–H and O–H groups in total. The standard InChI is InChI=1S/C21H26N4O2S/c1-26-21-24-19(13-28-21)18-12-23-20-17(18)10-15(11-22-20)14-2-4-16(5-3-14)25-6-8-27-9-7-25/h10-14,16H,2-9H2,1H3,(H,22,23). The van der Waals surface area contributed by atoms with Crippen LogP contribution in [0.5, 0.6) is 5.19 Å². The first kappa shape index (κ1) is 18.1. The van der Waals surface area contributed by atoms with E-state index in [1.54, 1.807) is 7.11 Å². The predicted octanol–water partition coefficient (Wildman–Crippen LogP) is 4.05. The molecule has 0 spiro atoms. The minimum absolute atomic E-state index is 0.599. The number of aromatic nitrogens is 3. The molecule has 0 atom stereocenters. The summed E-state index contributed by atoms with van der Waals surface area (Å²) in [4.78, 5) is 15.2. The fraction of sp³-hybridized carbons (Fsp3) is 0.524. The van der Waals surface area contributed by atoms with Crippen molar-refractivity contribution in [1.82, 2.24) is 19.9 Å². The Kier molecular flexibility index (Phi) is 5.05. The van der Waals surface area contributed by atoms with Crippen LogP contribution in [-0.4, -0.2) is 59.3 Å². The number of nitrogens with one attached hydrogen (secondary N) is 1. The number of nitrogens with zero attached hydrogens (tertiary/aromatic N) is 3. The predicted molar refractivity (Wildman–Crippen MR) is 111 cm³/mol. The molecule has 2 fully saturated rings. The SMILES string of the molecule is COc1nc(-c2c[nH]c3ncc(C4CCC(N5CCOCC5)CC4)cc23)cs1. The Balaban J connectivity index is 1.34. The second-order valence-corrected chi connectivity index (χ2v) is 8.54. The van der Waals surface area contributed by atoms with Crippen LogP contribution in [0.1, 0.15) is 37.2 Å². The molecule has 28 heavy (non-hydrogen) atoms. The van der Waals surface area contributed by atoms with E-state index in [2.05, 4.69) is 27.1 Å². The van der Waals surface area contributed by atoms with E-state index in [0.29, 0.717) is 11.1 Å². The summed E-state index contributed by atoms with van der Waals surface area (Å²) < 4.78 is 10.8. The average molecular weight is 399 g/mol. The van der Waals surface area contributed by atoms with Gasteiger partial charge in [-0.25, -0.2) is 9.97 Å². The van der Waals surface area contributed by atoms with Crippen LogP contribution < -0.4 is 4.74 Å². The number of thiazole rings is 1. The van der Waals surface area contributed by atoms with Crippen molar-refractivity contribution in [3.8, 4) is 16.5 Å². The van der Waals surface area contributed by atoms with Crippen LogP contribution in [0.25, 0.3) is 22.3 Å². The number of rotatable bonds is 4. The molecule has 3 aromatic heterocycles. The first-order chi connectivity index (χ1) is 13.8. The average Bonchev–Trinajstić information content (AvgIpc) is 3.40. The lowest BCUT2D eigenvalue weighted by Crippen LogP contribution is -2.44. The lowest BCUT2D eigenvalue weighted by molar-refractivity contribution is 0.00729. The zero-order chi connectivity index (χ0) is 18.9. The van der Waals surface area contributed by atoms with E-state index in [1.165, 1.54) is 42.6 Å². The molecule has 1 aliphatic heterocycles. The Morgan fingerprint density at radius 2 is 2.04 bits per heavy atom. The van der Waals surface area contributed by atoms with Gasteiger partial charge in [0.2, 0.25) is 0 Å². The third-order valence-electron chi connectivity index (χ3n) is 6.22. The molecular weight excluding hydrogens is 372 g/mol. The van der Waals surface area contributed by atoms with Crippen LogP contribution in [0, 0.1) is 0 Å². The van der Waals surface area contributed by atoms with Crippen molar-refractivity contribution < 1.29 is 9.47 Å². The Labute approximate surface area is 168 Å². The first-order valence-corrected chi connectivity index (χ1v) is 11.0. The van der Waals surface area contributed by atoms with Gasteiger partial charge in [-0.2, -0.15) is 0 Å². The molecule has 5 rings (SSSR count). The van der Waals surface area contributed by atoms with Gasteiger partial charge in [0, 0.05) is 47.9 Å². The Bertz CT molecular complexity index is 939. The Hall–Kier alpha value is -1.96. The molecule has 0 aromatic carbocycles. The highest BCUT2D eigenvalue weighted by molar-refractivity contribution is 7.11. The monoisotopic (exact) mass is 398 g/mol. The van der Waals surface area contributed by atoms with Crippen molar-refractivity contribution in [2.45, 2.75) is 37.6 Å². The third kappa shape index (κ3) is 3.43. The van der Waals surface area contributed by atoms with Crippen molar-refractivity contribution in [2.75, 3.05) is 33.4 Å². The topological polar surface area (TPSA) is 63.3 Å². The number of methoxy groups -OCH3 is 1. The maximum atomic E-state index is 5.51. The van der Waals surface area contributed by atoms with Gasteiger partial charge in [0.1, 0.15) is 5.65 Å². The first-order valence-electron chi connectivity index (χ1n) is 10.1. The quantitative estimate of drug-likeness (QED) is 0.718. The number of hydrogen-bond donors (Lipinski definition) is 1. The summed E-state index contributed by atoms with van der Waals surface area (Å²) in [7, 11) is 1.66. The summed E-state index contributed by atoms with van der Waals surface area (Å²) in [5.41, 5.74) is 4.33. The summed E-state index contributed by atoms with van der Waals surface area (Å²) >= 11 is 1.52. The summed E-state index contributed by atoms with van der Waals surface area (Å²) in [6.07, 6.45) is 9.08. The summed E-state index contributed by atoms with van der Waals surface area (Å²) in [6, 6.07) is 3.04. The van der Waals surface area contributed by atoms with Gasteiger partial charge in [0.15, 0.2) is 0 Å². The molecule has 6 nitrogen and oxygen atoms in total. The largest absolute Gasteiger partial charge is 0.473 e. The minimum atomic E-state index is 0.599. The maximum Gasteiger partial charge on any atom is 0.273 e. The smallest absolute Gasteiger partial charge is 0.273 e. The Morgan fingerprint density at radius 3 is 2.79 bits per heavy atom. The molecule has 148 valence electrons. The van der Waals surface area contributed by atoms with Crippen LogP contribution in [0.3, 0.4) is 0 Å². The highest BCUT2D eigenvalue weighted by Gasteiger charge is 2.28. The van der Waals surface area contributed by atoms with E-state index in [0.717, 1.165) is 54.6 Å². The molecule has 0 amide bonds. The van der Waals surface area contributed by atoms with E-state index in [9.17, 15) is 0 Å². The Morgan fingerprint density at radius 1 is 1.21 bits per heavy atom. The van der Waals surface area contributed by atoms with Crippen LogP contribution in [-0.2, 0) is 4.74 Å². The van der Waals surface area contributed by atoms with Crippen LogP contribution in [0.4, 0.5) is 0 Å². The van der Waals surface area contributed by atoms with Crippen molar-refractivity contribution in [2.24, 2.45) is 0 Å². The van der Waals surface area contributed by atoms with Crippen molar-refractivity contribution in [3.05, 3.63) is 29.4 Å². The zero-order valence-corrected chi connectivity index (χ0v) is 17.0. The fourth-order valence-electron chi connectivity index (χ4n) is 4.65. The summed E-state index contributed by atoms with van der Waals surface area (Å²) in [5, 5.41) is 3.89. The molecule has 2 aliphatic rings. The zero-order valence-electron chi connectivity index (χ0n) is 16.2. The number of ether oxygens (including phenoxy) is 2. The number of morpholine rings is 1. The van der Waals surface area contributed by atoms with Gasteiger partial charge in [-0.15, -0.1) is 0 Å². The fourth-order valence-corrected chi connectivity index (χ4v) is 5.29. The lowest BCUT2D eigenvalue weighted by Gasteiger charge is -2.38. The van der Waals surface area contributed by atoms with Gasteiger partial charge >= 0.3 is 0 Å². The highest BCUT2D eigenvalue weighted by Crippen LogP contribution is 2.37. The minimum Gasteiger partial charge on any atom is -0.473 e. The van der Waals surface area contributed by atoms with Gasteiger partial charge in [-0.3, -0.25) is 4.90 Å². The van der Waals surface area contributed by atoms with E-state index < -0.39 is 0 Å². The molecule has 7 heteroatoms. The summed E-state index contributed by atoms with van der Waals surface area (Å²) in [6.45, 7) is 3.95. The van der Waals surface area contributed by atoms with Crippen LogP contribution in [0.15, 0.2) is 23.8 Å². The van der Waals surface area contributed by atoms with E-state index in [1.807, 2.05) is 11.6 Å². The number of H-pyrrole nitrogens is 1. The van der Waals surface area contributed by atoms with E-state index in [4.69, 9.17) is 14.5 Å².